The lowest BCUT2D eigenvalue weighted by atomic mass is 10.1. The number of aliphatic hydroxyl groups excluding tert-OH is 1. The van der Waals surface area contributed by atoms with Gasteiger partial charge in [0, 0.05) is 24.1 Å². The van der Waals surface area contributed by atoms with E-state index in [4.69, 9.17) is 5.73 Å². The van der Waals surface area contributed by atoms with Crippen molar-refractivity contribution in [2.45, 2.75) is 31.4 Å². The number of benzene rings is 1. The summed E-state index contributed by atoms with van der Waals surface area (Å²) in [5.74, 6) is -0.654. The van der Waals surface area contributed by atoms with Gasteiger partial charge in [0.1, 0.15) is 5.82 Å². The molecule has 104 valence electrons. The van der Waals surface area contributed by atoms with Crippen molar-refractivity contribution in [2.75, 3.05) is 6.54 Å². The monoisotopic (exact) mass is 266 g/mol. The Morgan fingerprint density at radius 3 is 2.84 bits per heavy atom. The maximum atomic E-state index is 13.4. The van der Waals surface area contributed by atoms with Gasteiger partial charge in [-0.3, -0.25) is 4.79 Å². The van der Waals surface area contributed by atoms with E-state index in [0.29, 0.717) is 6.42 Å². The van der Waals surface area contributed by atoms with Crippen LogP contribution in [0.1, 0.15) is 30.9 Å². The van der Waals surface area contributed by atoms with Crippen LogP contribution in [0.15, 0.2) is 24.3 Å². The molecule has 1 aliphatic rings. The zero-order valence-corrected chi connectivity index (χ0v) is 10.7. The van der Waals surface area contributed by atoms with E-state index in [1.807, 2.05) is 0 Å². The molecule has 0 spiro atoms. The number of amides is 1. The molecule has 0 heterocycles. The molecule has 1 aromatic rings. The highest BCUT2D eigenvalue weighted by Crippen LogP contribution is 2.24. The highest BCUT2D eigenvalue weighted by molar-refractivity contribution is 5.79. The Bertz CT molecular complexity index is 453. The van der Waals surface area contributed by atoms with Gasteiger partial charge in [-0.25, -0.2) is 4.39 Å². The van der Waals surface area contributed by atoms with Gasteiger partial charge in [0.05, 0.1) is 6.10 Å². The molecule has 2 rings (SSSR count). The van der Waals surface area contributed by atoms with Crippen molar-refractivity contribution in [1.29, 1.82) is 0 Å². The quantitative estimate of drug-likeness (QED) is 0.764. The van der Waals surface area contributed by atoms with E-state index < -0.39 is 11.9 Å². The number of nitrogens with one attached hydrogen (secondary N) is 1. The first-order valence-corrected chi connectivity index (χ1v) is 6.53. The number of aliphatic hydroxyl groups is 1. The molecule has 3 atom stereocenters. The van der Waals surface area contributed by atoms with Gasteiger partial charge in [0.15, 0.2) is 0 Å². The molecule has 0 bridgehead atoms. The predicted molar refractivity (Wildman–Crippen MR) is 69.7 cm³/mol. The van der Waals surface area contributed by atoms with Crippen molar-refractivity contribution in [3.8, 4) is 0 Å². The average Bonchev–Trinajstić information content (AvgIpc) is 2.83. The lowest BCUT2D eigenvalue weighted by molar-refractivity contribution is -0.125. The summed E-state index contributed by atoms with van der Waals surface area (Å²) in [4.78, 5) is 11.8. The molecule has 0 radical (unpaired) electrons. The molecular formula is C14H19FN2O2. The lowest BCUT2D eigenvalue weighted by Gasteiger charge is -2.15. The number of hydrogen-bond donors (Lipinski definition) is 3. The minimum absolute atomic E-state index is 0.0193. The molecule has 19 heavy (non-hydrogen) atoms. The third kappa shape index (κ3) is 3.52. The van der Waals surface area contributed by atoms with Crippen molar-refractivity contribution < 1.29 is 14.3 Å². The Kier molecular flexibility index (Phi) is 4.50. The summed E-state index contributed by atoms with van der Waals surface area (Å²) in [6, 6.07) is 6.10. The maximum absolute atomic E-state index is 13.4. The number of halogens is 1. The van der Waals surface area contributed by atoms with E-state index in [9.17, 15) is 14.3 Å². The Hall–Kier alpha value is -1.46. The van der Waals surface area contributed by atoms with Crippen LogP contribution >= 0.6 is 0 Å². The van der Waals surface area contributed by atoms with E-state index >= 15 is 0 Å². The smallest absolute Gasteiger partial charge is 0.223 e. The van der Waals surface area contributed by atoms with Crippen LogP contribution in [0, 0.1) is 11.7 Å². The molecule has 0 aliphatic heterocycles. The molecule has 0 unspecified atom stereocenters. The minimum atomic E-state index is -1.03. The first-order valence-electron chi connectivity index (χ1n) is 6.53. The van der Waals surface area contributed by atoms with Gasteiger partial charge in [0.2, 0.25) is 5.91 Å². The van der Waals surface area contributed by atoms with Gasteiger partial charge in [-0.2, -0.15) is 0 Å². The molecule has 4 nitrogen and oxygen atoms in total. The second-order valence-corrected chi connectivity index (χ2v) is 5.05. The van der Waals surface area contributed by atoms with E-state index in [2.05, 4.69) is 5.32 Å². The largest absolute Gasteiger partial charge is 0.386 e. The molecule has 0 saturated heterocycles. The van der Waals surface area contributed by atoms with E-state index in [1.165, 1.54) is 12.1 Å². The molecule has 1 saturated carbocycles. The van der Waals surface area contributed by atoms with Crippen molar-refractivity contribution in [3.05, 3.63) is 35.6 Å². The molecule has 0 aromatic heterocycles. The van der Waals surface area contributed by atoms with E-state index in [-0.39, 0.29) is 30.0 Å². The van der Waals surface area contributed by atoms with Crippen molar-refractivity contribution in [2.24, 2.45) is 11.7 Å². The Morgan fingerprint density at radius 2 is 2.21 bits per heavy atom. The molecule has 4 N–H and O–H groups in total. The lowest BCUT2D eigenvalue weighted by Crippen LogP contribution is -2.33. The second kappa shape index (κ2) is 6.12. The number of nitrogens with two attached hydrogens (primary N) is 1. The molecular weight excluding hydrogens is 247 g/mol. The molecule has 1 aromatic carbocycles. The summed E-state index contributed by atoms with van der Waals surface area (Å²) >= 11 is 0. The van der Waals surface area contributed by atoms with Crippen LogP contribution in [0.3, 0.4) is 0 Å². The molecule has 1 amide bonds. The topological polar surface area (TPSA) is 75.4 Å². The first-order chi connectivity index (χ1) is 9.08. The normalized spacial score (nSPS) is 24.2. The highest BCUT2D eigenvalue weighted by Gasteiger charge is 2.28. The van der Waals surface area contributed by atoms with Crippen molar-refractivity contribution >= 4 is 5.91 Å². The fourth-order valence-corrected chi connectivity index (χ4v) is 2.45. The van der Waals surface area contributed by atoms with Gasteiger partial charge >= 0.3 is 0 Å². The minimum Gasteiger partial charge on any atom is -0.386 e. The zero-order valence-electron chi connectivity index (χ0n) is 10.7. The first kappa shape index (κ1) is 14.0. The van der Waals surface area contributed by atoms with Crippen LogP contribution in [0.5, 0.6) is 0 Å². The fraction of sp³-hybridized carbons (Fsp3) is 0.500. The third-order valence-electron chi connectivity index (χ3n) is 3.58. The summed E-state index contributed by atoms with van der Waals surface area (Å²) < 4.78 is 13.4. The summed E-state index contributed by atoms with van der Waals surface area (Å²) in [6.45, 7) is 0.0193. The van der Waals surface area contributed by atoms with Gasteiger partial charge < -0.3 is 16.2 Å². The summed E-state index contributed by atoms with van der Waals surface area (Å²) in [5, 5.41) is 12.5. The molecule has 5 heteroatoms. The Morgan fingerprint density at radius 1 is 1.47 bits per heavy atom. The van der Waals surface area contributed by atoms with Gasteiger partial charge in [-0.1, -0.05) is 18.2 Å². The van der Waals surface area contributed by atoms with Crippen LogP contribution in [-0.2, 0) is 4.79 Å². The van der Waals surface area contributed by atoms with Gasteiger partial charge in [-0.15, -0.1) is 0 Å². The average molecular weight is 266 g/mol. The van der Waals surface area contributed by atoms with E-state index in [0.717, 1.165) is 12.8 Å². The summed E-state index contributed by atoms with van der Waals surface area (Å²) in [7, 11) is 0. The SMILES string of the molecule is N[C@@H]1CC[C@@H](C(=O)NC[C@H](O)c2ccccc2F)C1. The number of hydrogen-bond acceptors (Lipinski definition) is 3. The van der Waals surface area contributed by atoms with Gasteiger partial charge in [-0.05, 0) is 25.3 Å². The molecule has 1 fully saturated rings. The highest BCUT2D eigenvalue weighted by atomic mass is 19.1. The molecule has 1 aliphatic carbocycles. The van der Waals surface area contributed by atoms with Crippen LogP contribution in [0.25, 0.3) is 0 Å². The van der Waals surface area contributed by atoms with Gasteiger partial charge in [0.25, 0.3) is 0 Å². The zero-order chi connectivity index (χ0) is 13.8. The number of carbonyl (C=O) groups excluding carboxylic acids is 1. The van der Waals surface area contributed by atoms with Crippen LogP contribution in [0.2, 0.25) is 0 Å². The number of carbonyl (C=O) groups is 1. The van der Waals surface area contributed by atoms with Crippen LogP contribution in [-0.4, -0.2) is 23.6 Å². The number of rotatable bonds is 4. The van der Waals surface area contributed by atoms with Crippen molar-refractivity contribution in [3.63, 3.8) is 0 Å². The van der Waals surface area contributed by atoms with Crippen LogP contribution < -0.4 is 11.1 Å². The standard InChI is InChI=1S/C14H19FN2O2/c15-12-4-2-1-3-11(12)13(18)8-17-14(19)9-5-6-10(16)7-9/h1-4,9-10,13,18H,5-8,16H2,(H,17,19)/t9-,10-,13+/m1/s1. The fourth-order valence-electron chi connectivity index (χ4n) is 2.45. The summed E-state index contributed by atoms with van der Waals surface area (Å²) in [5.41, 5.74) is 5.95. The third-order valence-corrected chi connectivity index (χ3v) is 3.58. The summed E-state index contributed by atoms with van der Waals surface area (Å²) in [6.07, 6.45) is 1.29. The van der Waals surface area contributed by atoms with Crippen molar-refractivity contribution in [1.82, 2.24) is 5.32 Å². The Balaban J connectivity index is 1.85. The predicted octanol–water partition coefficient (Wildman–Crippen LogP) is 1.10. The van der Waals surface area contributed by atoms with Crippen LogP contribution in [0.4, 0.5) is 4.39 Å². The van der Waals surface area contributed by atoms with E-state index in [1.54, 1.807) is 12.1 Å². The second-order valence-electron chi connectivity index (χ2n) is 5.05. The Labute approximate surface area is 111 Å². The maximum Gasteiger partial charge on any atom is 0.223 e.